The van der Waals surface area contributed by atoms with E-state index >= 15 is 0 Å². The van der Waals surface area contributed by atoms with Crippen molar-refractivity contribution in [2.75, 3.05) is 53.5 Å². The first-order chi connectivity index (χ1) is 11.4. The molecular formula is C16H29F3N4O. The van der Waals surface area contributed by atoms with Gasteiger partial charge in [0.25, 0.3) is 0 Å². The third-order valence-corrected chi connectivity index (χ3v) is 4.80. The van der Waals surface area contributed by atoms with E-state index < -0.39 is 12.7 Å². The molecule has 0 aliphatic carbocycles. The highest BCUT2D eigenvalue weighted by atomic mass is 19.4. The predicted molar refractivity (Wildman–Crippen MR) is 88.2 cm³/mol. The van der Waals surface area contributed by atoms with E-state index in [9.17, 15) is 13.2 Å². The highest BCUT2D eigenvalue weighted by molar-refractivity contribution is 5.79. The number of rotatable bonds is 5. The van der Waals surface area contributed by atoms with Gasteiger partial charge in [-0.05, 0) is 31.6 Å². The number of hydrogen-bond acceptors (Lipinski definition) is 3. The maximum absolute atomic E-state index is 12.5. The van der Waals surface area contributed by atoms with Crippen LogP contribution in [0.25, 0.3) is 0 Å². The third kappa shape index (κ3) is 6.47. The number of alkyl halides is 3. The lowest BCUT2D eigenvalue weighted by atomic mass is 9.96. The zero-order valence-electron chi connectivity index (χ0n) is 14.6. The second-order valence-electron chi connectivity index (χ2n) is 6.79. The lowest BCUT2D eigenvalue weighted by molar-refractivity contribution is -0.143. The van der Waals surface area contributed by atoms with Gasteiger partial charge in [0.2, 0.25) is 0 Å². The molecule has 2 fully saturated rings. The van der Waals surface area contributed by atoms with E-state index in [0.717, 1.165) is 45.0 Å². The fourth-order valence-electron chi connectivity index (χ4n) is 3.39. The SMILES string of the molecule is CN=C(NC1CCN(CC(F)(F)F)C1)N(C)CCC1CCOCC1. The summed E-state index contributed by atoms with van der Waals surface area (Å²) in [6.45, 7) is 2.63. The Labute approximate surface area is 142 Å². The maximum atomic E-state index is 12.5. The van der Waals surface area contributed by atoms with Crippen LogP contribution in [-0.2, 0) is 4.74 Å². The quantitative estimate of drug-likeness (QED) is 0.608. The van der Waals surface area contributed by atoms with Gasteiger partial charge in [0.15, 0.2) is 5.96 Å². The number of likely N-dealkylation sites (tertiary alicyclic amines) is 1. The molecule has 2 rings (SSSR count). The number of hydrogen-bond donors (Lipinski definition) is 1. The van der Waals surface area contributed by atoms with Crippen LogP contribution in [0.15, 0.2) is 4.99 Å². The van der Waals surface area contributed by atoms with E-state index in [2.05, 4.69) is 15.2 Å². The highest BCUT2D eigenvalue weighted by Crippen LogP contribution is 2.20. The van der Waals surface area contributed by atoms with Gasteiger partial charge in [-0.3, -0.25) is 9.89 Å². The number of aliphatic imine (C=N–C) groups is 1. The molecular weight excluding hydrogens is 321 g/mol. The molecule has 2 heterocycles. The van der Waals surface area contributed by atoms with E-state index in [1.54, 1.807) is 7.05 Å². The van der Waals surface area contributed by atoms with Crippen molar-refractivity contribution in [1.82, 2.24) is 15.1 Å². The summed E-state index contributed by atoms with van der Waals surface area (Å²) in [7, 11) is 3.70. The summed E-state index contributed by atoms with van der Waals surface area (Å²) in [5, 5.41) is 3.31. The van der Waals surface area contributed by atoms with Crippen LogP contribution >= 0.6 is 0 Å². The molecule has 0 aromatic heterocycles. The largest absolute Gasteiger partial charge is 0.401 e. The van der Waals surface area contributed by atoms with Gasteiger partial charge in [-0.1, -0.05) is 0 Å². The number of nitrogens with one attached hydrogen (secondary N) is 1. The van der Waals surface area contributed by atoms with Gasteiger partial charge < -0.3 is 15.0 Å². The van der Waals surface area contributed by atoms with Gasteiger partial charge in [-0.15, -0.1) is 0 Å². The van der Waals surface area contributed by atoms with Crippen LogP contribution < -0.4 is 5.32 Å². The summed E-state index contributed by atoms with van der Waals surface area (Å²) in [6.07, 6.45) is -0.116. The van der Waals surface area contributed by atoms with E-state index in [-0.39, 0.29) is 6.04 Å². The Morgan fingerprint density at radius 2 is 2.00 bits per heavy atom. The van der Waals surface area contributed by atoms with Gasteiger partial charge in [0.1, 0.15) is 0 Å². The molecule has 24 heavy (non-hydrogen) atoms. The van der Waals surface area contributed by atoms with Crippen LogP contribution in [0.4, 0.5) is 13.2 Å². The van der Waals surface area contributed by atoms with Crippen molar-refractivity contribution in [1.29, 1.82) is 0 Å². The molecule has 0 aromatic carbocycles. The normalized spacial score (nSPS) is 24.4. The fourth-order valence-corrected chi connectivity index (χ4v) is 3.39. The minimum absolute atomic E-state index is 0.0246. The zero-order chi connectivity index (χ0) is 17.6. The Morgan fingerprint density at radius 3 is 2.62 bits per heavy atom. The van der Waals surface area contributed by atoms with Gasteiger partial charge in [0.05, 0.1) is 6.54 Å². The second-order valence-corrected chi connectivity index (χ2v) is 6.79. The summed E-state index contributed by atoms with van der Waals surface area (Å²) in [6, 6.07) is 0.0246. The summed E-state index contributed by atoms with van der Waals surface area (Å²) in [5.74, 6) is 1.45. The molecule has 1 unspecified atom stereocenters. The Bertz CT molecular complexity index is 411. The monoisotopic (exact) mass is 350 g/mol. The molecule has 2 aliphatic heterocycles. The molecule has 0 aromatic rings. The Morgan fingerprint density at radius 1 is 1.29 bits per heavy atom. The smallest absolute Gasteiger partial charge is 0.381 e. The molecule has 1 N–H and O–H groups in total. The summed E-state index contributed by atoms with van der Waals surface area (Å²) in [4.78, 5) is 7.80. The number of guanidine groups is 1. The minimum atomic E-state index is -4.13. The molecule has 0 amide bonds. The van der Waals surface area contributed by atoms with Crippen LogP contribution in [0.5, 0.6) is 0 Å². The van der Waals surface area contributed by atoms with Gasteiger partial charge >= 0.3 is 6.18 Å². The van der Waals surface area contributed by atoms with E-state index in [1.807, 2.05) is 7.05 Å². The topological polar surface area (TPSA) is 40.1 Å². The molecule has 1 atom stereocenters. The lowest BCUT2D eigenvalue weighted by Gasteiger charge is -2.28. The lowest BCUT2D eigenvalue weighted by Crippen LogP contribution is -2.46. The van der Waals surface area contributed by atoms with Crippen molar-refractivity contribution in [2.24, 2.45) is 10.9 Å². The summed E-state index contributed by atoms with van der Waals surface area (Å²) < 4.78 is 42.8. The summed E-state index contributed by atoms with van der Waals surface area (Å²) >= 11 is 0. The number of ether oxygens (including phenoxy) is 1. The third-order valence-electron chi connectivity index (χ3n) is 4.80. The molecule has 0 bridgehead atoms. The van der Waals surface area contributed by atoms with E-state index in [1.165, 1.54) is 4.90 Å². The van der Waals surface area contributed by atoms with Crippen molar-refractivity contribution in [3.8, 4) is 0 Å². The van der Waals surface area contributed by atoms with Crippen LogP contribution in [0.3, 0.4) is 0 Å². The molecule has 0 saturated carbocycles. The average Bonchev–Trinajstić information content (AvgIpc) is 2.96. The molecule has 0 radical (unpaired) electrons. The first-order valence-electron chi connectivity index (χ1n) is 8.68. The minimum Gasteiger partial charge on any atom is -0.381 e. The van der Waals surface area contributed by atoms with Crippen molar-refractivity contribution in [3.05, 3.63) is 0 Å². The number of halogens is 3. The van der Waals surface area contributed by atoms with Gasteiger partial charge in [-0.25, -0.2) is 0 Å². The van der Waals surface area contributed by atoms with Crippen molar-refractivity contribution in [2.45, 2.75) is 37.9 Å². The zero-order valence-corrected chi connectivity index (χ0v) is 14.6. The molecule has 5 nitrogen and oxygen atoms in total. The Kier molecular flexibility index (Phi) is 7.16. The maximum Gasteiger partial charge on any atom is 0.401 e. The van der Waals surface area contributed by atoms with E-state index in [4.69, 9.17) is 4.74 Å². The van der Waals surface area contributed by atoms with Crippen LogP contribution in [0.1, 0.15) is 25.7 Å². The fraction of sp³-hybridized carbons (Fsp3) is 0.938. The molecule has 2 aliphatic rings. The second kappa shape index (κ2) is 8.89. The molecule has 0 spiro atoms. The van der Waals surface area contributed by atoms with Crippen molar-refractivity contribution >= 4 is 5.96 Å². The standard InChI is InChI=1S/C16H29F3N4O/c1-20-15(22(2)7-3-13-5-9-24-10-6-13)21-14-4-8-23(11-14)12-16(17,18)19/h13-14H,3-12H2,1-2H3,(H,20,21). The van der Waals surface area contributed by atoms with Gasteiger partial charge in [-0.2, -0.15) is 13.2 Å². The van der Waals surface area contributed by atoms with Crippen LogP contribution in [-0.4, -0.2) is 81.5 Å². The van der Waals surface area contributed by atoms with Gasteiger partial charge in [0, 0.05) is 53.0 Å². The summed E-state index contributed by atoms with van der Waals surface area (Å²) in [5.41, 5.74) is 0. The Hall–Kier alpha value is -1.02. The molecule has 8 heteroatoms. The first kappa shape index (κ1) is 19.3. The number of nitrogens with zero attached hydrogens (tertiary/aromatic N) is 3. The van der Waals surface area contributed by atoms with E-state index in [0.29, 0.717) is 25.4 Å². The average molecular weight is 350 g/mol. The van der Waals surface area contributed by atoms with Crippen molar-refractivity contribution < 1.29 is 17.9 Å². The highest BCUT2D eigenvalue weighted by Gasteiger charge is 2.34. The molecule has 2 saturated heterocycles. The predicted octanol–water partition coefficient (Wildman–Crippen LogP) is 1.95. The van der Waals surface area contributed by atoms with Crippen molar-refractivity contribution in [3.63, 3.8) is 0 Å². The molecule has 140 valence electrons. The first-order valence-corrected chi connectivity index (χ1v) is 8.68. The Balaban J connectivity index is 1.73. The van der Waals surface area contributed by atoms with Crippen LogP contribution in [0, 0.1) is 5.92 Å². The van der Waals surface area contributed by atoms with Crippen LogP contribution in [0.2, 0.25) is 0 Å².